The molecule has 4 heteroatoms. The second-order valence-electron chi connectivity index (χ2n) is 3.93. The minimum Gasteiger partial charge on any atom is -0.330 e. The van der Waals surface area contributed by atoms with Crippen molar-refractivity contribution in [2.24, 2.45) is 5.73 Å². The maximum absolute atomic E-state index is 5.44. The largest absolute Gasteiger partial charge is 0.330 e. The zero-order valence-corrected chi connectivity index (χ0v) is 9.65. The van der Waals surface area contributed by atoms with Gasteiger partial charge in [0.1, 0.15) is 0 Å². The molecular formula is C11H22N4. The van der Waals surface area contributed by atoms with Crippen molar-refractivity contribution in [1.29, 1.82) is 0 Å². The summed E-state index contributed by atoms with van der Waals surface area (Å²) in [7, 11) is 0. The quantitative estimate of drug-likeness (QED) is 0.665. The highest BCUT2D eigenvalue weighted by Gasteiger charge is 1.99. The van der Waals surface area contributed by atoms with E-state index in [1.807, 2.05) is 4.68 Å². The van der Waals surface area contributed by atoms with Gasteiger partial charge in [-0.25, -0.2) is 0 Å². The van der Waals surface area contributed by atoms with E-state index in [9.17, 15) is 0 Å². The molecule has 86 valence electrons. The van der Waals surface area contributed by atoms with E-state index in [2.05, 4.69) is 23.4 Å². The predicted octanol–water partition coefficient (Wildman–Crippen LogP) is 1.75. The van der Waals surface area contributed by atoms with Gasteiger partial charge in [-0.3, -0.25) is 4.68 Å². The molecule has 1 rings (SSSR count). The van der Waals surface area contributed by atoms with Gasteiger partial charge in [-0.2, -0.15) is 0 Å². The van der Waals surface area contributed by atoms with E-state index in [1.165, 1.54) is 19.3 Å². The fraction of sp³-hybridized carbons (Fsp3) is 0.818. The molecule has 0 saturated heterocycles. The molecule has 1 aromatic heterocycles. The zero-order chi connectivity index (χ0) is 10.9. The Morgan fingerprint density at radius 3 is 2.87 bits per heavy atom. The van der Waals surface area contributed by atoms with Gasteiger partial charge in [0.2, 0.25) is 0 Å². The normalized spacial score (nSPS) is 10.8. The van der Waals surface area contributed by atoms with Crippen molar-refractivity contribution in [3.8, 4) is 0 Å². The van der Waals surface area contributed by atoms with E-state index in [-0.39, 0.29) is 0 Å². The fourth-order valence-electron chi connectivity index (χ4n) is 1.54. The smallest absolute Gasteiger partial charge is 0.0827 e. The highest BCUT2D eigenvalue weighted by Crippen LogP contribution is 2.02. The van der Waals surface area contributed by atoms with E-state index in [4.69, 9.17) is 5.73 Å². The molecule has 0 saturated carbocycles. The van der Waals surface area contributed by atoms with E-state index >= 15 is 0 Å². The average Bonchev–Trinajstić information content (AvgIpc) is 2.67. The first kappa shape index (κ1) is 12.2. The Morgan fingerprint density at radius 2 is 2.13 bits per heavy atom. The molecule has 0 aliphatic carbocycles. The second-order valence-corrected chi connectivity index (χ2v) is 3.93. The van der Waals surface area contributed by atoms with Crippen LogP contribution in [-0.2, 0) is 13.0 Å². The molecule has 1 heterocycles. The first-order valence-corrected chi connectivity index (χ1v) is 5.96. The van der Waals surface area contributed by atoms with Crippen molar-refractivity contribution in [2.45, 2.75) is 52.0 Å². The highest BCUT2D eigenvalue weighted by molar-refractivity contribution is 4.92. The van der Waals surface area contributed by atoms with Crippen LogP contribution in [-0.4, -0.2) is 21.5 Å². The third kappa shape index (κ3) is 4.93. The minimum absolute atomic E-state index is 0.768. The number of hydrogen-bond donors (Lipinski definition) is 1. The van der Waals surface area contributed by atoms with Crippen LogP contribution < -0.4 is 5.73 Å². The van der Waals surface area contributed by atoms with E-state index < -0.39 is 0 Å². The summed E-state index contributed by atoms with van der Waals surface area (Å²) in [4.78, 5) is 0. The second kappa shape index (κ2) is 7.40. The number of aromatic nitrogens is 3. The summed E-state index contributed by atoms with van der Waals surface area (Å²) < 4.78 is 1.95. The molecule has 0 bridgehead atoms. The van der Waals surface area contributed by atoms with E-state index in [0.717, 1.165) is 38.0 Å². The van der Waals surface area contributed by atoms with Crippen LogP contribution in [0.2, 0.25) is 0 Å². The van der Waals surface area contributed by atoms with E-state index in [1.54, 1.807) is 0 Å². The van der Waals surface area contributed by atoms with Gasteiger partial charge < -0.3 is 5.73 Å². The highest BCUT2D eigenvalue weighted by atomic mass is 15.4. The summed E-state index contributed by atoms with van der Waals surface area (Å²) >= 11 is 0. The number of rotatable bonds is 8. The number of nitrogens with zero attached hydrogens (tertiary/aromatic N) is 3. The fourth-order valence-corrected chi connectivity index (χ4v) is 1.54. The van der Waals surface area contributed by atoms with Gasteiger partial charge in [0.05, 0.1) is 5.69 Å². The molecule has 0 fully saturated rings. The van der Waals surface area contributed by atoms with Crippen molar-refractivity contribution >= 4 is 0 Å². The number of nitrogens with two attached hydrogens (primary N) is 1. The third-order valence-corrected chi connectivity index (χ3v) is 2.46. The van der Waals surface area contributed by atoms with Crippen LogP contribution in [0.15, 0.2) is 6.20 Å². The van der Waals surface area contributed by atoms with Gasteiger partial charge in [-0.05, 0) is 32.2 Å². The summed E-state index contributed by atoms with van der Waals surface area (Å²) in [5.41, 5.74) is 6.53. The van der Waals surface area contributed by atoms with Gasteiger partial charge >= 0.3 is 0 Å². The monoisotopic (exact) mass is 210 g/mol. The van der Waals surface area contributed by atoms with Gasteiger partial charge in [0.25, 0.3) is 0 Å². The van der Waals surface area contributed by atoms with Crippen molar-refractivity contribution in [1.82, 2.24) is 15.0 Å². The lowest BCUT2D eigenvalue weighted by molar-refractivity contribution is 0.537. The van der Waals surface area contributed by atoms with Crippen LogP contribution in [0.1, 0.15) is 44.7 Å². The summed E-state index contributed by atoms with van der Waals surface area (Å²) in [6.45, 7) is 3.97. The number of hydrogen-bond acceptors (Lipinski definition) is 3. The molecule has 0 unspecified atom stereocenters. The predicted molar refractivity (Wildman–Crippen MR) is 61.5 cm³/mol. The zero-order valence-electron chi connectivity index (χ0n) is 9.65. The summed E-state index contributed by atoms with van der Waals surface area (Å²) in [5, 5.41) is 8.24. The summed E-state index contributed by atoms with van der Waals surface area (Å²) in [6, 6.07) is 0. The lowest BCUT2D eigenvalue weighted by atomic mass is 10.2. The molecule has 0 aliphatic rings. The molecule has 2 N–H and O–H groups in total. The maximum Gasteiger partial charge on any atom is 0.0827 e. The summed E-state index contributed by atoms with van der Waals surface area (Å²) in [5.74, 6) is 0. The first-order valence-electron chi connectivity index (χ1n) is 5.96. The van der Waals surface area contributed by atoms with Crippen molar-refractivity contribution < 1.29 is 0 Å². The number of aryl methyl sites for hydroxylation is 2. The van der Waals surface area contributed by atoms with Crippen LogP contribution in [0, 0.1) is 0 Å². The molecule has 0 atom stereocenters. The topological polar surface area (TPSA) is 56.7 Å². The molecule has 0 amide bonds. The molecule has 0 aromatic carbocycles. The molecule has 15 heavy (non-hydrogen) atoms. The van der Waals surface area contributed by atoms with Crippen LogP contribution in [0.4, 0.5) is 0 Å². The van der Waals surface area contributed by atoms with Crippen LogP contribution in [0.3, 0.4) is 0 Å². The van der Waals surface area contributed by atoms with Gasteiger partial charge in [0, 0.05) is 12.7 Å². The lowest BCUT2D eigenvalue weighted by Gasteiger charge is -1.97. The van der Waals surface area contributed by atoms with Gasteiger partial charge in [-0.1, -0.05) is 25.0 Å². The SMILES string of the molecule is CCCCCn1cc(CCCCN)nn1. The Bertz CT molecular complexity index is 232. The average molecular weight is 210 g/mol. The maximum atomic E-state index is 5.44. The van der Waals surface area contributed by atoms with Crippen LogP contribution >= 0.6 is 0 Å². The Balaban J connectivity index is 2.23. The molecule has 0 spiro atoms. The molecule has 4 nitrogen and oxygen atoms in total. The standard InChI is InChI=1S/C11H22N4/c1-2-3-6-9-15-10-11(13-14-15)7-4-5-8-12/h10H,2-9,12H2,1H3. The Labute approximate surface area is 91.9 Å². The van der Waals surface area contributed by atoms with Gasteiger partial charge in [0.15, 0.2) is 0 Å². The lowest BCUT2D eigenvalue weighted by Crippen LogP contribution is -1.99. The van der Waals surface area contributed by atoms with Crippen LogP contribution in [0.5, 0.6) is 0 Å². The Morgan fingerprint density at radius 1 is 1.27 bits per heavy atom. The van der Waals surface area contributed by atoms with E-state index in [0.29, 0.717) is 0 Å². The Kier molecular flexibility index (Phi) is 6.00. The first-order chi connectivity index (χ1) is 7.36. The Hall–Kier alpha value is -0.900. The summed E-state index contributed by atoms with van der Waals surface area (Å²) in [6.07, 6.45) is 8.96. The third-order valence-electron chi connectivity index (χ3n) is 2.46. The number of unbranched alkanes of at least 4 members (excludes halogenated alkanes) is 3. The van der Waals surface area contributed by atoms with Crippen LogP contribution in [0.25, 0.3) is 0 Å². The minimum atomic E-state index is 0.768. The van der Waals surface area contributed by atoms with Crippen molar-refractivity contribution in [2.75, 3.05) is 6.54 Å². The molecule has 0 radical (unpaired) electrons. The van der Waals surface area contributed by atoms with Crippen molar-refractivity contribution in [3.05, 3.63) is 11.9 Å². The van der Waals surface area contributed by atoms with Gasteiger partial charge in [-0.15, -0.1) is 5.10 Å². The molecular weight excluding hydrogens is 188 g/mol. The van der Waals surface area contributed by atoms with Crippen molar-refractivity contribution in [3.63, 3.8) is 0 Å². The molecule has 1 aromatic rings. The molecule has 0 aliphatic heterocycles.